The maximum Gasteiger partial charge on any atom is 0.422 e. The number of nitrogens with zero attached hydrogens (tertiary/aromatic N) is 5. The summed E-state index contributed by atoms with van der Waals surface area (Å²) in [6.07, 6.45) is -5.81. The van der Waals surface area contributed by atoms with Gasteiger partial charge in [0.15, 0.2) is 6.61 Å². The number of benzene rings is 2. The Morgan fingerprint density at radius 3 is 2.21 bits per heavy atom. The summed E-state index contributed by atoms with van der Waals surface area (Å²) in [6, 6.07) is 11.9. The molecule has 17 heteroatoms. The lowest BCUT2D eigenvalue weighted by Gasteiger charge is -2.36. The topological polar surface area (TPSA) is 174 Å². The zero-order valence-corrected chi connectivity index (χ0v) is 26.8. The molecule has 1 aliphatic heterocycles. The fourth-order valence-electron chi connectivity index (χ4n) is 4.45. The van der Waals surface area contributed by atoms with Crippen LogP contribution in [-0.4, -0.2) is 111 Å². The van der Waals surface area contributed by atoms with Crippen molar-refractivity contribution in [3.05, 3.63) is 59.7 Å². The van der Waals surface area contributed by atoms with Gasteiger partial charge in [-0.1, -0.05) is 12.1 Å². The number of β-amino-alcohol motifs (C(OH)–C–C–N with tert-alkyl or cyclic N) is 1. The molecule has 4 rings (SSSR count). The largest absolute Gasteiger partial charge is 0.508 e. The first-order valence-corrected chi connectivity index (χ1v) is 15.1. The van der Waals surface area contributed by atoms with Gasteiger partial charge in [-0.3, -0.25) is 9.69 Å². The van der Waals surface area contributed by atoms with Crippen LogP contribution in [0.3, 0.4) is 0 Å². The average Bonchev–Trinajstić information content (AvgIpc) is 3.02. The van der Waals surface area contributed by atoms with Crippen molar-refractivity contribution in [1.82, 2.24) is 30.1 Å². The van der Waals surface area contributed by atoms with Crippen molar-refractivity contribution >= 4 is 29.6 Å². The van der Waals surface area contributed by atoms with Gasteiger partial charge in [-0.15, -0.1) is 0 Å². The molecule has 1 unspecified atom stereocenters. The van der Waals surface area contributed by atoms with Crippen molar-refractivity contribution in [2.24, 2.45) is 0 Å². The number of aliphatic hydroxyl groups excluding tert-OH is 1. The number of phenols is 1. The van der Waals surface area contributed by atoms with Crippen LogP contribution in [0, 0.1) is 0 Å². The number of carbonyl (C=O) groups excluding carboxylic acids is 2. The summed E-state index contributed by atoms with van der Waals surface area (Å²) >= 11 is 0. The molecular weight excluding hydrogens is 637 g/mol. The number of hydrogen-bond donors (Lipinski definition) is 5. The van der Waals surface area contributed by atoms with Gasteiger partial charge >= 0.3 is 18.3 Å². The Bertz CT molecular complexity index is 1510. The highest BCUT2D eigenvalue weighted by Gasteiger charge is 2.29. The first-order valence-electron chi connectivity index (χ1n) is 15.1. The van der Waals surface area contributed by atoms with E-state index in [1.54, 1.807) is 29.2 Å². The number of amides is 2. The number of ether oxygens (including phenoxy) is 2. The third kappa shape index (κ3) is 12.0. The highest BCUT2D eigenvalue weighted by atomic mass is 19.4. The summed E-state index contributed by atoms with van der Waals surface area (Å²) in [7, 11) is 0. The molecule has 2 heterocycles. The maximum atomic E-state index is 12.8. The molecule has 3 aromatic rings. The van der Waals surface area contributed by atoms with E-state index >= 15 is 0 Å². The molecule has 0 spiro atoms. The summed E-state index contributed by atoms with van der Waals surface area (Å²) in [5, 5.41) is 28.4. The van der Waals surface area contributed by atoms with Crippen molar-refractivity contribution < 1.29 is 42.4 Å². The van der Waals surface area contributed by atoms with Gasteiger partial charge < -0.3 is 40.5 Å². The third-order valence-corrected chi connectivity index (χ3v) is 6.76. The molecule has 260 valence electrons. The van der Waals surface area contributed by atoms with Crippen LogP contribution in [0.4, 0.5) is 35.5 Å². The number of aromatic nitrogens is 3. The van der Waals surface area contributed by atoms with Gasteiger partial charge in [0.25, 0.3) is 5.91 Å². The second-order valence-electron chi connectivity index (χ2n) is 12.0. The third-order valence-electron chi connectivity index (χ3n) is 6.76. The number of piperazine rings is 1. The van der Waals surface area contributed by atoms with Crippen LogP contribution in [0.1, 0.15) is 36.7 Å². The Hall–Kier alpha value is -4.90. The predicted molar refractivity (Wildman–Crippen MR) is 169 cm³/mol. The number of aromatic hydroxyl groups is 1. The normalized spacial score (nSPS) is 14.6. The minimum absolute atomic E-state index is 0.0105. The van der Waals surface area contributed by atoms with Gasteiger partial charge in [0.05, 0.1) is 6.10 Å². The van der Waals surface area contributed by atoms with Crippen molar-refractivity contribution in [2.75, 3.05) is 56.5 Å². The molecule has 1 aromatic heterocycles. The van der Waals surface area contributed by atoms with E-state index in [1.165, 1.54) is 24.3 Å². The van der Waals surface area contributed by atoms with E-state index in [4.69, 9.17) is 9.47 Å². The molecule has 1 saturated heterocycles. The lowest BCUT2D eigenvalue weighted by atomic mass is 10.2. The predicted octanol–water partition coefficient (Wildman–Crippen LogP) is 3.52. The van der Waals surface area contributed by atoms with Crippen LogP contribution in [0.25, 0.3) is 0 Å². The smallest absolute Gasteiger partial charge is 0.422 e. The summed E-state index contributed by atoms with van der Waals surface area (Å²) in [5.41, 5.74) is 0.905. The van der Waals surface area contributed by atoms with Gasteiger partial charge in [-0.2, -0.15) is 28.1 Å². The molecule has 0 aliphatic carbocycles. The molecular formula is C31H39F3N8O6. The average molecular weight is 677 g/mol. The van der Waals surface area contributed by atoms with E-state index in [0.29, 0.717) is 44.0 Å². The fraction of sp³-hybridized carbons (Fsp3) is 0.452. The summed E-state index contributed by atoms with van der Waals surface area (Å²) in [6.45, 7) is 6.42. The minimum Gasteiger partial charge on any atom is -0.508 e. The van der Waals surface area contributed by atoms with Crippen molar-refractivity contribution in [2.45, 2.75) is 45.2 Å². The quantitative estimate of drug-likeness (QED) is 0.189. The SMILES string of the molecule is CC(C)(C)OC(=O)N1CCN(CC(O)CNC(=O)c2ccc(Nc3nc(NCc4ccc(O)cc4)nc(OCC(F)(F)F)n3)cc2)CC1. The molecule has 2 aromatic carbocycles. The molecule has 1 aliphatic rings. The van der Waals surface area contributed by atoms with Crippen molar-refractivity contribution in [1.29, 1.82) is 0 Å². The number of phenolic OH excluding ortho intramolecular Hbond substituents is 1. The number of rotatable bonds is 12. The van der Waals surface area contributed by atoms with Crippen LogP contribution in [0.5, 0.6) is 11.8 Å². The van der Waals surface area contributed by atoms with Gasteiger partial charge in [-0.25, -0.2) is 4.79 Å². The Labute approximate surface area is 275 Å². The standard InChI is InChI=1S/C31H39F3N8O6/c1-30(2,3)48-29(46)42-14-12-41(13-15-42)18-24(44)17-35-25(45)21-6-8-22(9-7-21)37-27-38-26(36-16-20-4-10-23(43)11-5-20)39-28(40-27)47-19-31(32,33)34/h4-11,24,43-44H,12-19H2,1-3H3,(H,35,45)(H2,36,37,38,39,40). The lowest BCUT2D eigenvalue weighted by molar-refractivity contribution is -0.154. The molecule has 1 atom stereocenters. The van der Waals surface area contributed by atoms with Crippen LogP contribution >= 0.6 is 0 Å². The van der Waals surface area contributed by atoms with Gasteiger partial charge in [0.2, 0.25) is 11.9 Å². The van der Waals surface area contributed by atoms with Gasteiger partial charge in [-0.05, 0) is 62.7 Å². The molecule has 0 radical (unpaired) electrons. The molecule has 0 saturated carbocycles. The van der Waals surface area contributed by atoms with Crippen LogP contribution in [-0.2, 0) is 11.3 Å². The van der Waals surface area contributed by atoms with E-state index in [0.717, 1.165) is 5.56 Å². The number of halogens is 3. The summed E-state index contributed by atoms with van der Waals surface area (Å²) < 4.78 is 48.4. The van der Waals surface area contributed by atoms with E-state index in [-0.39, 0.29) is 36.8 Å². The first kappa shape index (κ1) is 35.9. The Morgan fingerprint density at radius 2 is 1.58 bits per heavy atom. The second kappa shape index (κ2) is 15.8. The van der Waals surface area contributed by atoms with Crippen LogP contribution < -0.4 is 20.7 Å². The number of hydrogen-bond acceptors (Lipinski definition) is 12. The van der Waals surface area contributed by atoms with Gasteiger partial charge in [0.1, 0.15) is 11.4 Å². The minimum atomic E-state index is -4.61. The second-order valence-corrected chi connectivity index (χ2v) is 12.0. The highest BCUT2D eigenvalue weighted by Crippen LogP contribution is 2.21. The van der Waals surface area contributed by atoms with Crippen molar-refractivity contribution in [3.8, 4) is 11.8 Å². The Morgan fingerprint density at radius 1 is 0.938 bits per heavy atom. The van der Waals surface area contributed by atoms with Crippen LogP contribution in [0.2, 0.25) is 0 Å². The molecule has 5 N–H and O–H groups in total. The zero-order chi connectivity index (χ0) is 34.9. The summed E-state index contributed by atoms with van der Waals surface area (Å²) in [5.74, 6) is -0.503. The molecule has 0 bridgehead atoms. The molecule has 48 heavy (non-hydrogen) atoms. The lowest BCUT2D eigenvalue weighted by Crippen LogP contribution is -2.52. The zero-order valence-electron chi connectivity index (χ0n) is 26.8. The Kier molecular flexibility index (Phi) is 11.8. The van der Waals surface area contributed by atoms with Crippen LogP contribution in [0.15, 0.2) is 48.5 Å². The van der Waals surface area contributed by atoms with E-state index in [2.05, 4.69) is 30.9 Å². The maximum absolute atomic E-state index is 12.8. The monoisotopic (exact) mass is 676 g/mol. The fourth-order valence-corrected chi connectivity index (χ4v) is 4.45. The molecule has 14 nitrogen and oxygen atoms in total. The first-order chi connectivity index (χ1) is 22.6. The number of nitrogens with one attached hydrogen (secondary N) is 3. The van der Waals surface area contributed by atoms with E-state index in [9.17, 15) is 33.0 Å². The van der Waals surface area contributed by atoms with Crippen molar-refractivity contribution in [3.63, 3.8) is 0 Å². The number of carbonyl (C=O) groups is 2. The number of alkyl halides is 3. The van der Waals surface area contributed by atoms with E-state index in [1.807, 2.05) is 25.7 Å². The van der Waals surface area contributed by atoms with E-state index < -0.39 is 36.4 Å². The highest BCUT2D eigenvalue weighted by molar-refractivity contribution is 5.94. The summed E-state index contributed by atoms with van der Waals surface area (Å²) in [4.78, 5) is 40.6. The van der Waals surface area contributed by atoms with Gasteiger partial charge in [0, 0.05) is 57.1 Å². The number of aliphatic hydroxyl groups is 1. The molecule has 2 amide bonds. The number of anilines is 3. The Balaban J connectivity index is 1.28. The molecule has 1 fully saturated rings.